The molecule has 3 nitrogen and oxygen atoms in total. The Balaban J connectivity index is 2.82. The molecule has 0 aliphatic heterocycles. The zero-order valence-corrected chi connectivity index (χ0v) is 8.29. The van der Waals surface area contributed by atoms with Crippen molar-refractivity contribution in [3.05, 3.63) is 29.6 Å². The van der Waals surface area contributed by atoms with Gasteiger partial charge in [0.05, 0.1) is 0 Å². The van der Waals surface area contributed by atoms with Crippen LogP contribution < -0.4 is 4.74 Å². The Kier molecular flexibility index (Phi) is 3.81. The molecule has 0 bridgehead atoms. The van der Waals surface area contributed by atoms with E-state index in [1.807, 2.05) is 0 Å². The standard InChI is InChI=1S/C11H10FNO2/c1-2-8(14)7-15-11-5-3-4-10(12)9(11)6-13/h3-5H,2,7H2,1H3. The van der Waals surface area contributed by atoms with Gasteiger partial charge in [-0.2, -0.15) is 5.26 Å². The van der Waals surface area contributed by atoms with Gasteiger partial charge in [0.15, 0.2) is 5.78 Å². The van der Waals surface area contributed by atoms with Crippen molar-refractivity contribution in [2.75, 3.05) is 6.61 Å². The van der Waals surface area contributed by atoms with E-state index in [0.29, 0.717) is 6.42 Å². The second-order valence-electron chi connectivity index (χ2n) is 2.91. The van der Waals surface area contributed by atoms with Gasteiger partial charge in [0, 0.05) is 6.42 Å². The van der Waals surface area contributed by atoms with E-state index < -0.39 is 5.82 Å². The van der Waals surface area contributed by atoms with Crippen molar-refractivity contribution in [1.29, 1.82) is 5.26 Å². The second kappa shape index (κ2) is 5.11. The lowest BCUT2D eigenvalue weighted by molar-refractivity contribution is -0.120. The highest BCUT2D eigenvalue weighted by atomic mass is 19.1. The molecule has 0 fully saturated rings. The number of carbonyl (C=O) groups excluding carboxylic acids is 1. The van der Waals surface area contributed by atoms with Gasteiger partial charge in [-0.3, -0.25) is 4.79 Å². The minimum absolute atomic E-state index is 0.0943. The summed E-state index contributed by atoms with van der Waals surface area (Å²) in [4.78, 5) is 11.0. The van der Waals surface area contributed by atoms with Crippen LogP contribution in [0.25, 0.3) is 0 Å². The first-order valence-corrected chi connectivity index (χ1v) is 4.52. The molecule has 0 aliphatic rings. The van der Waals surface area contributed by atoms with E-state index in [4.69, 9.17) is 10.00 Å². The maximum absolute atomic E-state index is 13.1. The van der Waals surface area contributed by atoms with Gasteiger partial charge in [0.25, 0.3) is 0 Å². The summed E-state index contributed by atoms with van der Waals surface area (Å²) in [6.07, 6.45) is 0.358. The lowest BCUT2D eigenvalue weighted by Gasteiger charge is -2.06. The molecular formula is C11H10FNO2. The van der Waals surface area contributed by atoms with Gasteiger partial charge in [-0.15, -0.1) is 0 Å². The number of nitriles is 1. The summed E-state index contributed by atoms with van der Waals surface area (Å²) in [7, 11) is 0. The van der Waals surface area contributed by atoms with E-state index in [-0.39, 0.29) is 23.7 Å². The normalized spacial score (nSPS) is 9.40. The van der Waals surface area contributed by atoms with Gasteiger partial charge in [-0.1, -0.05) is 13.0 Å². The number of ether oxygens (including phenoxy) is 1. The highest BCUT2D eigenvalue weighted by Crippen LogP contribution is 2.20. The van der Waals surface area contributed by atoms with E-state index in [1.54, 1.807) is 13.0 Å². The van der Waals surface area contributed by atoms with Crippen LogP contribution in [0.2, 0.25) is 0 Å². The molecular weight excluding hydrogens is 197 g/mol. The topological polar surface area (TPSA) is 50.1 Å². The minimum Gasteiger partial charge on any atom is -0.484 e. The maximum Gasteiger partial charge on any atom is 0.169 e. The van der Waals surface area contributed by atoms with E-state index in [1.165, 1.54) is 18.2 Å². The van der Waals surface area contributed by atoms with E-state index in [9.17, 15) is 9.18 Å². The molecule has 1 rings (SSSR count). The van der Waals surface area contributed by atoms with E-state index in [2.05, 4.69) is 0 Å². The van der Waals surface area contributed by atoms with E-state index >= 15 is 0 Å². The molecule has 4 heteroatoms. The maximum atomic E-state index is 13.1. The summed E-state index contributed by atoms with van der Waals surface area (Å²) in [5.41, 5.74) is -0.165. The quantitative estimate of drug-likeness (QED) is 0.759. The molecule has 0 radical (unpaired) electrons. The van der Waals surface area contributed by atoms with Gasteiger partial charge in [-0.05, 0) is 12.1 Å². The van der Waals surface area contributed by atoms with Crippen LogP contribution >= 0.6 is 0 Å². The molecule has 0 aliphatic carbocycles. The SMILES string of the molecule is CCC(=O)COc1cccc(F)c1C#N. The number of hydrogen-bond acceptors (Lipinski definition) is 3. The van der Waals surface area contributed by atoms with Crippen LogP contribution in [0.1, 0.15) is 18.9 Å². The highest BCUT2D eigenvalue weighted by molar-refractivity contribution is 5.79. The fourth-order valence-corrected chi connectivity index (χ4v) is 0.993. The molecule has 0 saturated carbocycles. The molecule has 0 atom stereocenters. The van der Waals surface area contributed by atoms with Gasteiger partial charge in [-0.25, -0.2) is 4.39 Å². The van der Waals surface area contributed by atoms with Crippen LogP contribution in [-0.4, -0.2) is 12.4 Å². The van der Waals surface area contributed by atoms with Crippen LogP contribution in [0, 0.1) is 17.1 Å². The van der Waals surface area contributed by atoms with Crippen LogP contribution in [0.5, 0.6) is 5.75 Å². The third-order valence-electron chi connectivity index (χ3n) is 1.87. The van der Waals surface area contributed by atoms with Crippen molar-refractivity contribution < 1.29 is 13.9 Å². The Morgan fingerprint density at radius 1 is 1.60 bits per heavy atom. The average Bonchev–Trinajstić information content (AvgIpc) is 2.25. The van der Waals surface area contributed by atoms with Crippen molar-refractivity contribution in [3.63, 3.8) is 0 Å². The first-order valence-electron chi connectivity index (χ1n) is 4.52. The smallest absolute Gasteiger partial charge is 0.169 e. The van der Waals surface area contributed by atoms with Crippen LogP contribution in [0.15, 0.2) is 18.2 Å². The van der Waals surface area contributed by atoms with Crippen LogP contribution in [0.3, 0.4) is 0 Å². The fourth-order valence-electron chi connectivity index (χ4n) is 0.993. The Bertz CT molecular complexity index is 410. The second-order valence-corrected chi connectivity index (χ2v) is 2.91. The van der Waals surface area contributed by atoms with Crippen molar-refractivity contribution in [3.8, 4) is 11.8 Å². The van der Waals surface area contributed by atoms with Gasteiger partial charge in [0.1, 0.15) is 29.8 Å². The average molecular weight is 207 g/mol. The number of ketones is 1. The van der Waals surface area contributed by atoms with E-state index in [0.717, 1.165) is 0 Å². The number of Topliss-reactive ketones (excluding diaryl/α,β-unsaturated/α-hetero) is 1. The molecule has 0 spiro atoms. The number of rotatable bonds is 4. The number of halogens is 1. The van der Waals surface area contributed by atoms with Crippen molar-refractivity contribution in [2.24, 2.45) is 0 Å². The third-order valence-corrected chi connectivity index (χ3v) is 1.87. The molecule has 0 N–H and O–H groups in total. The van der Waals surface area contributed by atoms with Crippen molar-refractivity contribution >= 4 is 5.78 Å². The highest BCUT2D eigenvalue weighted by Gasteiger charge is 2.09. The number of benzene rings is 1. The van der Waals surface area contributed by atoms with Crippen LogP contribution in [-0.2, 0) is 4.79 Å². The lowest BCUT2D eigenvalue weighted by Crippen LogP contribution is -2.10. The molecule has 0 amide bonds. The van der Waals surface area contributed by atoms with Crippen molar-refractivity contribution in [1.82, 2.24) is 0 Å². The molecule has 15 heavy (non-hydrogen) atoms. The summed E-state index contributed by atoms with van der Waals surface area (Å²) in [6, 6.07) is 5.76. The fraction of sp³-hybridized carbons (Fsp3) is 0.273. The monoisotopic (exact) mass is 207 g/mol. The molecule has 78 valence electrons. The summed E-state index contributed by atoms with van der Waals surface area (Å²) in [6.45, 7) is 1.58. The lowest BCUT2D eigenvalue weighted by atomic mass is 10.2. The molecule has 0 aromatic heterocycles. The summed E-state index contributed by atoms with van der Waals surface area (Å²) in [5, 5.41) is 8.67. The molecule has 0 heterocycles. The molecule has 0 unspecified atom stereocenters. The van der Waals surface area contributed by atoms with Crippen molar-refractivity contribution in [2.45, 2.75) is 13.3 Å². The number of nitrogens with zero attached hydrogens (tertiary/aromatic N) is 1. The molecule has 1 aromatic carbocycles. The summed E-state index contributed by atoms with van der Waals surface area (Å²) >= 11 is 0. The Hall–Kier alpha value is -1.89. The Labute approximate surface area is 87.1 Å². The molecule has 0 saturated heterocycles. The minimum atomic E-state index is -0.640. The predicted molar refractivity (Wildman–Crippen MR) is 51.9 cm³/mol. The Morgan fingerprint density at radius 3 is 2.93 bits per heavy atom. The molecule has 1 aromatic rings. The zero-order valence-electron chi connectivity index (χ0n) is 8.29. The first-order chi connectivity index (χ1) is 7.19. The van der Waals surface area contributed by atoms with Gasteiger partial charge in [0.2, 0.25) is 0 Å². The number of hydrogen-bond donors (Lipinski definition) is 0. The van der Waals surface area contributed by atoms with Crippen LogP contribution in [0.4, 0.5) is 4.39 Å². The largest absolute Gasteiger partial charge is 0.484 e. The third kappa shape index (κ3) is 2.78. The van der Waals surface area contributed by atoms with Gasteiger partial charge < -0.3 is 4.74 Å². The first kappa shape index (κ1) is 11.2. The Morgan fingerprint density at radius 2 is 2.33 bits per heavy atom. The van der Waals surface area contributed by atoms with Gasteiger partial charge >= 0.3 is 0 Å². The summed E-state index contributed by atoms with van der Waals surface area (Å²) in [5.74, 6) is -0.624. The summed E-state index contributed by atoms with van der Waals surface area (Å²) < 4.78 is 18.1. The zero-order chi connectivity index (χ0) is 11.3. The predicted octanol–water partition coefficient (Wildman–Crippen LogP) is 2.06. The number of carbonyl (C=O) groups is 1.